The van der Waals surface area contributed by atoms with Crippen molar-refractivity contribution in [3.63, 3.8) is 0 Å². The van der Waals surface area contributed by atoms with E-state index in [1.54, 1.807) is 24.3 Å². The topological polar surface area (TPSA) is 92.8 Å². The summed E-state index contributed by atoms with van der Waals surface area (Å²) in [4.78, 5) is 0.320. The highest BCUT2D eigenvalue weighted by atomic mass is 35.5. The lowest BCUT2D eigenvalue weighted by Crippen LogP contribution is -2.28. The first-order chi connectivity index (χ1) is 14.2. The molecule has 0 amide bonds. The van der Waals surface area contributed by atoms with Crippen molar-refractivity contribution in [2.75, 3.05) is 26.2 Å². The fraction of sp³-hybridized carbons (Fsp3) is 0.400. The number of nitrogens with one attached hydrogen (secondary N) is 1. The fourth-order valence-corrected chi connectivity index (χ4v) is 6.11. The Morgan fingerprint density at radius 2 is 1.63 bits per heavy atom. The summed E-state index contributed by atoms with van der Waals surface area (Å²) in [5, 5.41) is 0.231. The number of sulfonamides is 2. The lowest BCUT2D eigenvalue weighted by Gasteiger charge is -2.15. The Bertz CT molecular complexity index is 1080. The molecule has 1 aliphatic heterocycles. The van der Waals surface area contributed by atoms with Crippen molar-refractivity contribution >= 4 is 31.6 Å². The predicted molar refractivity (Wildman–Crippen MR) is 116 cm³/mol. The van der Waals surface area contributed by atoms with Gasteiger partial charge in [-0.25, -0.2) is 21.6 Å². The van der Waals surface area contributed by atoms with Crippen LogP contribution in [0.4, 0.5) is 0 Å². The summed E-state index contributed by atoms with van der Waals surface area (Å²) in [5.41, 5.74) is 0.836. The average molecular weight is 473 g/mol. The molecule has 164 valence electrons. The average Bonchev–Trinajstić information content (AvgIpc) is 3.26. The second kappa shape index (κ2) is 9.65. The van der Waals surface area contributed by atoms with Crippen LogP contribution < -0.4 is 9.46 Å². The fourth-order valence-electron chi connectivity index (χ4n) is 3.24. The molecule has 1 heterocycles. The van der Waals surface area contributed by atoms with Gasteiger partial charge in [0.25, 0.3) is 0 Å². The van der Waals surface area contributed by atoms with Gasteiger partial charge in [0.15, 0.2) is 0 Å². The molecule has 0 saturated carbocycles. The molecule has 0 aliphatic carbocycles. The molecule has 0 spiro atoms. The van der Waals surface area contributed by atoms with Gasteiger partial charge in [0.2, 0.25) is 20.0 Å². The third-order valence-corrected chi connectivity index (χ3v) is 8.51. The van der Waals surface area contributed by atoms with Gasteiger partial charge < -0.3 is 4.74 Å². The van der Waals surface area contributed by atoms with E-state index >= 15 is 0 Å². The lowest BCUT2D eigenvalue weighted by atomic mass is 10.2. The second-order valence-corrected chi connectivity index (χ2v) is 11.0. The highest BCUT2D eigenvalue weighted by Crippen LogP contribution is 2.27. The molecule has 0 bridgehead atoms. The Morgan fingerprint density at radius 3 is 2.23 bits per heavy atom. The zero-order chi connectivity index (χ0) is 21.8. The third kappa shape index (κ3) is 5.33. The molecular weight excluding hydrogens is 448 g/mol. The van der Waals surface area contributed by atoms with Crippen LogP contribution >= 0.6 is 11.6 Å². The molecule has 1 fully saturated rings. The van der Waals surface area contributed by atoms with Gasteiger partial charge in [-0.15, -0.1) is 0 Å². The number of rotatable bonds is 9. The van der Waals surface area contributed by atoms with Crippen molar-refractivity contribution in [3.05, 3.63) is 53.1 Å². The van der Waals surface area contributed by atoms with Crippen LogP contribution in [0.15, 0.2) is 52.3 Å². The first-order valence-electron chi connectivity index (χ1n) is 9.75. The highest BCUT2D eigenvalue weighted by Gasteiger charge is 2.26. The van der Waals surface area contributed by atoms with E-state index in [1.807, 2.05) is 6.92 Å². The molecule has 0 unspecified atom stereocenters. The van der Waals surface area contributed by atoms with Crippen molar-refractivity contribution < 1.29 is 21.6 Å². The zero-order valence-electron chi connectivity index (χ0n) is 16.7. The standard InChI is InChI=1S/C20H25ClN2O5S2/c1-2-28-20-10-9-18(15-19(20)21)29(24,25)22-12-11-16-5-7-17(8-6-16)30(26,27)23-13-3-4-14-23/h5-10,15,22H,2-4,11-14H2,1H3. The summed E-state index contributed by atoms with van der Waals surface area (Å²) in [6.07, 6.45) is 2.20. The van der Waals surface area contributed by atoms with Crippen molar-refractivity contribution in [1.29, 1.82) is 0 Å². The monoisotopic (exact) mass is 472 g/mol. The molecule has 30 heavy (non-hydrogen) atoms. The first-order valence-corrected chi connectivity index (χ1v) is 13.1. The maximum absolute atomic E-state index is 12.6. The number of halogens is 1. The van der Waals surface area contributed by atoms with Gasteiger partial charge in [0.05, 0.1) is 21.4 Å². The molecule has 1 N–H and O–H groups in total. The molecule has 3 rings (SSSR count). The van der Waals surface area contributed by atoms with E-state index in [0.717, 1.165) is 18.4 Å². The van der Waals surface area contributed by atoms with Crippen molar-refractivity contribution in [2.45, 2.75) is 36.0 Å². The van der Waals surface area contributed by atoms with Gasteiger partial charge >= 0.3 is 0 Å². The first kappa shape index (κ1) is 23.0. The largest absolute Gasteiger partial charge is 0.492 e. The summed E-state index contributed by atoms with van der Waals surface area (Å²) < 4.78 is 59.4. The molecule has 0 aromatic heterocycles. The van der Waals surface area contributed by atoms with Gasteiger partial charge in [-0.05, 0) is 62.1 Å². The summed E-state index contributed by atoms with van der Waals surface area (Å²) >= 11 is 6.07. The summed E-state index contributed by atoms with van der Waals surface area (Å²) in [6.45, 7) is 3.54. The normalized spacial score (nSPS) is 15.4. The molecule has 1 aliphatic rings. The van der Waals surface area contributed by atoms with Gasteiger partial charge in [-0.1, -0.05) is 23.7 Å². The maximum atomic E-state index is 12.6. The van der Waals surface area contributed by atoms with E-state index in [0.29, 0.717) is 31.9 Å². The third-order valence-electron chi connectivity index (χ3n) is 4.85. The minimum atomic E-state index is -3.72. The smallest absolute Gasteiger partial charge is 0.243 e. The SMILES string of the molecule is CCOc1ccc(S(=O)(=O)NCCc2ccc(S(=O)(=O)N3CCCC3)cc2)cc1Cl. The quantitative estimate of drug-likeness (QED) is 0.605. The zero-order valence-corrected chi connectivity index (χ0v) is 19.1. The van der Waals surface area contributed by atoms with Crippen molar-refractivity contribution in [3.8, 4) is 5.75 Å². The van der Waals surface area contributed by atoms with Gasteiger partial charge in [0, 0.05) is 19.6 Å². The van der Waals surface area contributed by atoms with Crippen molar-refractivity contribution in [1.82, 2.24) is 9.03 Å². The Hall–Kier alpha value is -1.65. The highest BCUT2D eigenvalue weighted by molar-refractivity contribution is 7.89. The number of hydrogen-bond acceptors (Lipinski definition) is 5. The van der Waals surface area contributed by atoms with E-state index in [4.69, 9.17) is 16.3 Å². The molecule has 2 aromatic rings. The Morgan fingerprint density at radius 1 is 1.00 bits per heavy atom. The van der Waals surface area contributed by atoms with Gasteiger partial charge in [0.1, 0.15) is 5.75 Å². The molecule has 1 saturated heterocycles. The summed E-state index contributed by atoms with van der Waals surface area (Å²) in [6, 6.07) is 10.9. The molecular formula is C20H25ClN2O5S2. The van der Waals surface area contributed by atoms with Crippen LogP contribution in [0.1, 0.15) is 25.3 Å². The maximum Gasteiger partial charge on any atom is 0.243 e. The van der Waals surface area contributed by atoms with Crippen LogP contribution in [0.25, 0.3) is 0 Å². The Kier molecular flexibility index (Phi) is 7.41. The van der Waals surface area contributed by atoms with E-state index in [1.165, 1.54) is 22.5 Å². The predicted octanol–water partition coefficient (Wildman–Crippen LogP) is 3.04. The van der Waals surface area contributed by atoms with Gasteiger partial charge in [-0.2, -0.15) is 4.31 Å². The van der Waals surface area contributed by atoms with E-state index in [-0.39, 0.29) is 21.4 Å². The number of hydrogen-bond donors (Lipinski definition) is 1. The molecule has 0 atom stereocenters. The van der Waals surface area contributed by atoms with Crippen molar-refractivity contribution in [2.24, 2.45) is 0 Å². The van der Waals surface area contributed by atoms with Crippen LogP contribution in [0.3, 0.4) is 0 Å². The number of benzene rings is 2. The Balaban J connectivity index is 1.60. The molecule has 0 radical (unpaired) electrons. The van der Waals surface area contributed by atoms with Crippen LogP contribution in [-0.4, -0.2) is 47.4 Å². The lowest BCUT2D eigenvalue weighted by molar-refractivity contribution is 0.340. The number of ether oxygens (including phenoxy) is 1. The van der Waals surface area contributed by atoms with E-state index < -0.39 is 20.0 Å². The molecule has 10 heteroatoms. The second-order valence-electron chi connectivity index (χ2n) is 6.93. The van der Waals surface area contributed by atoms with Crippen LogP contribution in [0, 0.1) is 0 Å². The van der Waals surface area contributed by atoms with Crippen LogP contribution in [0.2, 0.25) is 5.02 Å². The van der Waals surface area contributed by atoms with Gasteiger partial charge in [-0.3, -0.25) is 0 Å². The molecule has 7 nitrogen and oxygen atoms in total. The van der Waals surface area contributed by atoms with Crippen LogP contribution in [-0.2, 0) is 26.5 Å². The van der Waals surface area contributed by atoms with Crippen LogP contribution in [0.5, 0.6) is 5.75 Å². The van der Waals surface area contributed by atoms with E-state index in [9.17, 15) is 16.8 Å². The summed E-state index contributed by atoms with van der Waals surface area (Å²) in [5.74, 6) is 0.432. The van der Waals surface area contributed by atoms with E-state index in [2.05, 4.69) is 4.72 Å². The molecule has 2 aromatic carbocycles. The minimum absolute atomic E-state index is 0.0583. The number of nitrogens with zero attached hydrogens (tertiary/aromatic N) is 1. The Labute approximate surface area is 183 Å². The minimum Gasteiger partial charge on any atom is -0.492 e. The summed E-state index contributed by atoms with van der Waals surface area (Å²) in [7, 11) is -7.17.